The van der Waals surface area contributed by atoms with Crippen LogP contribution in [0.25, 0.3) is 5.76 Å². The molecule has 1 rings (SSSR count). The SMILES string of the molecule is CN/C(C)=C(/O)c1ccc(F)cc1. The van der Waals surface area contributed by atoms with Gasteiger partial charge in [-0.1, -0.05) is 0 Å². The van der Waals surface area contributed by atoms with Crippen LogP contribution in [-0.4, -0.2) is 12.2 Å². The van der Waals surface area contributed by atoms with Crippen molar-refractivity contribution in [3.05, 3.63) is 41.3 Å². The zero-order valence-corrected chi connectivity index (χ0v) is 7.63. The van der Waals surface area contributed by atoms with E-state index in [1.165, 1.54) is 24.3 Å². The molecule has 1 aromatic rings. The fourth-order valence-corrected chi connectivity index (χ4v) is 0.943. The fraction of sp³-hybridized carbons (Fsp3) is 0.200. The Hall–Kier alpha value is -1.51. The van der Waals surface area contributed by atoms with Crippen molar-refractivity contribution >= 4 is 5.76 Å². The number of nitrogens with one attached hydrogen (secondary N) is 1. The summed E-state index contributed by atoms with van der Waals surface area (Å²) in [7, 11) is 1.72. The number of aliphatic hydroxyl groups is 1. The van der Waals surface area contributed by atoms with Crippen LogP contribution in [0.15, 0.2) is 30.0 Å². The number of hydrogen-bond acceptors (Lipinski definition) is 2. The summed E-state index contributed by atoms with van der Waals surface area (Å²) < 4.78 is 12.5. The maximum absolute atomic E-state index is 12.5. The van der Waals surface area contributed by atoms with Crippen LogP contribution >= 0.6 is 0 Å². The average Bonchev–Trinajstić information content (AvgIpc) is 2.17. The van der Waals surface area contributed by atoms with Crippen molar-refractivity contribution < 1.29 is 9.50 Å². The Bertz CT molecular complexity index is 316. The van der Waals surface area contributed by atoms with Gasteiger partial charge in [0, 0.05) is 12.6 Å². The molecule has 2 nitrogen and oxygen atoms in total. The van der Waals surface area contributed by atoms with E-state index in [2.05, 4.69) is 5.32 Å². The van der Waals surface area contributed by atoms with E-state index in [1.807, 2.05) is 0 Å². The maximum Gasteiger partial charge on any atom is 0.141 e. The third kappa shape index (κ3) is 2.21. The Balaban J connectivity index is 3.02. The first kappa shape index (κ1) is 9.58. The highest BCUT2D eigenvalue weighted by atomic mass is 19.1. The summed E-state index contributed by atoms with van der Waals surface area (Å²) in [5, 5.41) is 12.4. The number of benzene rings is 1. The fourth-order valence-electron chi connectivity index (χ4n) is 0.943. The van der Waals surface area contributed by atoms with Crippen molar-refractivity contribution in [1.82, 2.24) is 5.32 Å². The minimum absolute atomic E-state index is 0.141. The summed E-state index contributed by atoms with van der Waals surface area (Å²) in [6.45, 7) is 1.75. The maximum atomic E-state index is 12.5. The van der Waals surface area contributed by atoms with E-state index in [9.17, 15) is 9.50 Å². The summed E-state index contributed by atoms with van der Waals surface area (Å²) in [4.78, 5) is 0. The molecule has 0 aliphatic heterocycles. The van der Waals surface area contributed by atoms with Crippen molar-refractivity contribution in [3.63, 3.8) is 0 Å². The molecule has 0 saturated heterocycles. The van der Waals surface area contributed by atoms with Gasteiger partial charge in [0.2, 0.25) is 0 Å². The highest BCUT2D eigenvalue weighted by Crippen LogP contribution is 2.14. The molecule has 0 unspecified atom stereocenters. The Morgan fingerprint density at radius 3 is 2.31 bits per heavy atom. The van der Waals surface area contributed by atoms with Gasteiger partial charge in [-0.05, 0) is 31.2 Å². The van der Waals surface area contributed by atoms with Gasteiger partial charge in [-0.3, -0.25) is 0 Å². The predicted octanol–water partition coefficient (Wildman–Crippen LogP) is 2.29. The van der Waals surface area contributed by atoms with E-state index in [0.29, 0.717) is 11.3 Å². The molecule has 2 N–H and O–H groups in total. The van der Waals surface area contributed by atoms with Gasteiger partial charge >= 0.3 is 0 Å². The smallest absolute Gasteiger partial charge is 0.141 e. The predicted molar refractivity (Wildman–Crippen MR) is 50.7 cm³/mol. The van der Waals surface area contributed by atoms with Crippen LogP contribution in [0.2, 0.25) is 0 Å². The van der Waals surface area contributed by atoms with Gasteiger partial charge in [0.25, 0.3) is 0 Å². The summed E-state index contributed by atoms with van der Waals surface area (Å²) in [5.41, 5.74) is 1.26. The number of halogens is 1. The average molecular weight is 181 g/mol. The van der Waals surface area contributed by atoms with E-state index in [4.69, 9.17) is 0 Å². The lowest BCUT2D eigenvalue weighted by atomic mass is 10.1. The van der Waals surface area contributed by atoms with Gasteiger partial charge in [-0.15, -0.1) is 0 Å². The van der Waals surface area contributed by atoms with Crippen LogP contribution in [0.4, 0.5) is 4.39 Å². The first-order valence-electron chi connectivity index (χ1n) is 3.98. The molecule has 3 heteroatoms. The number of aliphatic hydroxyl groups excluding tert-OH is 1. The van der Waals surface area contributed by atoms with E-state index >= 15 is 0 Å². The first-order chi connectivity index (χ1) is 6.15. The van der Waals surface area contributed by atoms with Gasteiger partial charge in [0.1, 0.15) is 11.6 Å². The monoisotopic (exact) mass is 181 g/mol. The van der Waals surface area contributed by atoms with Gasteiger partial charge in [0.15, 0.2) is 0 Å². The molecular formula is C10H12FNO. The molecule has 70 valence electrons. The zero-order valence-electron chi connectivity index (χ0n) is 7.63. The second kappa shape index (κ2) is 3.94. The molecule has 0 spiro atoms. The molecule has 13 heavy (non-hydrogen) atoms. The van der Waals surface area contributed by atoms with E-state index in [0.717, 1.165) is 0 Å². The Morgan fingerprint density at radius 2 is 1.85 bits per heavy atom. The molecule has 0 aliphatic rings. The van der Waals surface area contributed by atoms with Crippen LogP contribution < -0.4 is 5.32 Å². The molecule has 0 fully saturated rings. The number of rotatable bonds is 2. The van der Waals surface area contributed by atoms with Gasteiger partial charge in [-0.25, -0.2) is 4.39 Å². The minimum atomic E-state index is -0.307. The highest BCUT2D eigenvalue weighted by molar-refractivity contribution is 5.60. The summed E-state index contributed by atoms with van der Waals surface area (Å²) >= 11 is 0. The Kier molecular flexibility index (Phi) is 2.90. The second-order valence-electron chi connectivity index (χ2n) is 2.73. The third-order valence-corrected chi connectivity index (χ3v) is 1.85. The van der Waals surface area contributed by atoms with Crippen molar-refractivity contribution in [2.75, 3.05) is 7.05 Å². The lowest BCUT2D eigenvalue weighted by Gasteiger charge is -2.05. The quantitative estimate of drug-likeness (QED) is 0.686. The summed E-state index contributed by atoms with van der Waals surface area (Å²) in [5.74, 6) is -0.166. The largest absolute Gasteiger partial charge is 0.506 e. The summed E-state index contributed by atoms with van der Waals surface area (Å²) in [6, 6.07) is 5.69. The molecule has 0 radical (unpaired) electrons. The molecule has 0 saturated carbocycles. The van der Waals surface area contributed by atoms with Crippen molar-refractivity contribution in [2.24, 2.45) is 0 Å². The third-order valence-electron chi connectivity index (χ3n) is 1.85. The molecule has 0 amide bonds. The van der Waals surface area contributed by atoms with Crippen molar-refractivity contribution in [3.8, 4) is 0 Å². The molecular weight excluding hydrogens is 169 g/mol. The van der Waals surface area contributed by atoms with Crippen LogP contribution in [0.5, 0.6) is 0 Å². The Labute approximate surface area is 76.7 Å². The lowest BCUT2D eigenvalue weighted by molar-refractivity contribution is 0.502. The Morgan fingerprint density at radius 1 is 1.31 bits per heavy atom. The molecule has 0 heterocycles. The number of allylic oxidation sites excluding steroid dienone is 1. The van der Waals surface area contributed by atoms with E-state index in [-0.39, 0.29) is 11.6 Å². The van der Waals surface area contributed by atoms with Crippen LogP contribution in [0.3, 0.4) is 0 Å². The molecule has 1 aromatic carbocycles. The minimum Gasteiger partial charge on any atom is -0.506 e. The second-order valence-corrected chi connectivity index (χ2v) is 2.73. The standard InChI is InChI=1S/C10H12FNO/c1-7(12-2)10(13)8-3-5-9(11)6-4-8/h3-6,12-13H,1-2H3/b10-7+. The topological polar surface area (TPSA) is 32.3 Å². The van der Waals surface area contributed by atoms with Crippen LogP contribution in [0.1, 0.15) is 12.5 Å². The van der Waals surface area contributed by atoms with Crippen molar-refractivity contribution in [1.29, 1.82) is 0 Å². The van der Waals surface area contributed by atoms with Crippen molar-refractivity contribution in [2.45, 2.75) is 6.92 Å². The molecule has 0 atom stereocenters. The molecule has 0 aliphatic carbocycles. The van der Waals surface area contributed by atoms with Gasteiger partial charge in [0.05, 0.1) is 5.70 Å². The first-order valence-corrected chi connectivity index (χ1v) is 3.98. The lowest BCUT2D eigenvalue weighted by Crippen LogP contribution is -2.05. The molecule has 0 aromatic heterocycles. The van der Waals surface area contributed by atoms with Crippen LogP contribution in [0, 0.1) is 5.82 Å². The molecule has 0 bridgehead atoms. The van der Waals surface area contributed by atoms with Crippen LogP contribution in [-0.2, 0) is 0 Å². The van der Waals surface area contributed by atoms with E-state index < -0.39 is 0 Å². The van der Waals surface area contributed by atoms with Gasteiger partial charge in [-0.2, -0.15) is 0 Å². The zero-order chi connectivity index (χ0) is 9.84. The summed E-state index contributed by atoms with van der Waals surface area (Å²) in [6.07, 6.45) is 0. The van der Waals surface area contributed by atoms with Gasteiger partial charge < -0.3 is 10.4 Å². The number of hydrogen-bond donors (Lipinski definition) is 2. The van der Waals surface area contributed by atoms with E-state index in [1.54, 1.807) is 14.0 Å². The normalized spacial score (nSPS) is 12.2. The highest BCUT2D eigenvalue weighted by Gasteiger charge is 2.01.